The minimum atomic E-state index is 0.0509. The van der Waals surface area contributed by atoms with Crippen LogP contribution in [-0.2, 0) is 17.6 Å². The fourth-order valence-electron chi connectivity index (χ4n) is 5.29. The number of likely N-dealkylation sites (tertiary alicyclic amines) is 1. The predicted molar refractivity (Wildman–Crippen MR) is 126 cm³/mol. The summed E-state index contributed by atoms with van der Waals surface area (Å²) in [6, 6.07) is 11.9. The smallest absolute Gasteiger partial charge is 0.229 e. The summed E-state index contributed by atoms with van der Waals surface area (Å²) in [5.41, 5.74) is 3.33. The van der Waals surface area contributed by atoms with Crippen molar-refractivity contribution < 1.29 is 9.53 Å². The summed E-state index contributed by atoms with van der Waals surface area (Å²) in [7, 11) is 0. The van der Waals surface area contributed by atoms with Crippen LogP contribution in [0.2, 0.25) is 0 Å². The molecule has 6 rings (SSSR count). The van der Waals surface area contributed by atoms with Crippen molar-refractivity contribution in [1.82, 2.24) is 24.8 Å². The molecule has 33 heavy (non-hydrogen) atoms. The molecule has 5 heterocycles. The minimum Gasteiger partial charge on any atom is -0.490 e. The maximum atomic E-state index is 13.2. The van der Waals surface area contributed by atoms with E-state index in [2.05, 4.69) is 15.3 Å². The lowest BCUT2D eigenvalue weighted by molar-refractivity contribution is -0.138. The van der Waals surface area contributed by atoms with Gasteiger partial charge in [0.2, 0.25) is 5.91 Å². The molecule has 3 aliphatic heterocycles. The van der Waals surface area contributed by atoms with Crippen LogP contribution in [0, 0.1) is 5.92 Å². The second-order valence-corrected chi connectivity index (χ2v) is 9.27. The largest absolute Gasteiger partial charge is 0.490 e. The highest BCUT2D eigenvalue weighted by molar-refractivity contribution is 5.82. The first kappa shape index (κ1) is 20.5. The normalized spacial score (nSPS) is 19.8. The van der Waals surface area contributed by atoms with Crippen LogP contribution in [0.15, 0.2) is 42.6 Å². The fraction of sp³-hybridized carbons (Fsp3) is 0.480. The van der Waals surface area contributed by atoms with Crippen LogP contribution in [0.5, 0.6) is 5.75 Å². The van der Waals surface area contributed by atoms with E-state index in [1.807, 2.05) is 52.0 Å². The number of anilines is 1. The number of para-hydroxylation sites is 1. The molecule has 172 valence electrons. The number of fused-ring (bicyclic) bond motifs is 2. The number of aromatic nitrogens is 3. The number of amides is 1. The Kier molecular flexibility index (Phi) is 5.38. The monoisotopic (exact) mass is 446 g/mol. The van der Waals surface area contributed by atoms with Gasteiger partial charge in [0, 0.05) is 63.6 Å². The first-order valence-corrected chi connectivity index (χ1v) is 12.1. The Morgan fingerprint density at radius 3 is 2.64 bits per heavy atom. The van der Waals surface area contributed by atoms with Gasteiger partial charge in [-0.15, -0.1) is 0 Å². The highest BCUT2D eigenvalue weighted by Crippen LogP contribution is 2.32. The molecular formula is C25H30N6O2. The maximum Gasteiger partial charge on any atom is 0.229 e. The van der Waals surface area contributed by atoms with Crippen LogP contribution in [-0.4, -0.2) is 70.8 Å². The molecule has 0 spiro atoms. The number of hydrogen-bond donors (Lipinski definition) is 1. The lowest BCUT2D eigenvalue weighted by Crippen LogP contribution is -2.57. The first-order valence-electron chi connectivity index (χ1n) is 12.1. The van der Waals surface area contributed by atoms with Gasteiger partial charge in [0.15, 0.2) is 5.65 Å². The fourth-order valence-corrected chi connectivity index (χ4v) is 5.29. The molecule has 0 unspecified atom stereocenters. The third kappa shape index (κ3) is 3.93. The zero-order chi connectivity index (χ0) is 22.2. The summed E-state index contributed by atoms with van der Waals surface area (Å²) >= 11 is 0. The number of carbonyl (C=O) groups excluding carboxylic acids is 1. The van der Waals surface area contributed by atoms with Crippen molar-refractivity contribution in [2.24, 2.45) is 5.92 Å². The molecule has 0 radical (unpaired) electrons. The van der Waals surface area contributed by atoms with Crippen molar-refractivity contribution in [3.63, 3.8) is 0 Å². The van der Waals surface area contributed by atoms with Crippen LogP contribution in [0.1, 0.15) is 24.1 Å². The molecule has 3 aliphatic rings. The van der Waals surface area contributed by atoms with E-state index in [9.17, 15) is 4.79 Å². The summed E-state index contributed by atoms with van der Waals surface area (Å²) < 4.78 is 8.04. The Bertz CT molecular complexity index is 1130. The van der Waals surface area contributed by atoms with Crippen molar-refractivity contribution in [3.8, 4) is 5.75 Å². The Morgan fingerprint density at radius 2 is 1.82 bits per heavy atom. The Balaban J connectivity index is 1.10. The molecular weight excluding hydrogens is 416 g/mol. The number of nitrogens with zero attached hydrogens (tertiary/aromatic N) is 5. The summed E-state index contributed by atoms with van der Waals surface area (Å²) in [6.45, 7) is 4.94. The molecule has 0 saturated carbocycles. The van der Waals surface area contributed by atoms with Gasteiger partial charge < -0.3 is 19.9 Å². The van der Waals surface area contributed by atoms with E-state index in [0.717, 1.165) is 82.2 Å². The average molecular weight is 447 g/mol. The van der Waals surface area contributed by atoms with E-state index >= 15 is 0 Å². The number of ether oxygens (including phenoxy) is 1. The van der Waals surface area contributed by atoms with E-state index in [-0.39, 0.29) is 17.9 Å². The molecule has 0 bridgehead atoms. The van der Waals surface area contributed by atoms with Gasteiger partial charge in [-0.1, -0.05) is 18.2 Å². The topological polar surface area (TPSA) is 75.0 Å². The van der Waals surface area contributed by atoms with E-state index in [4.69, 9.17) is 9.72 Å². The van der Waals surface area contributed by atoms with Crippen molar-refractivity contribution in [1.29, 1.82) is 0 Å². The molecule has 3 aromatic rings. The van der Waals surface area contributed by atoms with Gasteiger partial charge in [-0.25, -0.2) is 4.98 Å². The number of piperidine rings is 1. The van der Waals surface area contributed by atoms with Gasteiger partial charge >= 0.3 is 0 Å². The zero-order valence-electron chi connectivity index (χ0n) is 18.8. The molecule has 8 heteroatoms. The Labute approximate surface area is 193 Å². The van der Waals surface area contributed by atoms with Crippen LogP contribution in [0.4, 0.5) is 5.82 Å². The summed E-state index contributed by atoms with van der Waals surface area (Å²) in [5, 5.41) is 8.02. The molecule has 1 amide bonds. The molecule has 2 aromatic heterocycles. The minimum absolute atomic E-state index is 0.0509. The van der Waals surface area contributed by atoms with Gasteiger partial charge in [-0.05, 0) is 25.1 Å². The first-order chi connectivity index (χ1) is 16.3. The number of rotatable bonds is 4. The van der Waals surface area contributed by atoms with Crippen molar-refractivity contribution in [2.75, 3.05) is 44.2 Å². The van der Waals surface area contributed by atoms with E-state index < -0.39 is 0 Å². The van der Waals surface area contributed by atoms with Gasteiger partial charge in [-0.2, -0.15) is 9.61 Å². The Morgan fingerprint density at radius 1 is 1.03 bits per heavy atom. The lowest BCUT2D eigenvalue weighted by atomic mass is 9.95. The third-order valence-electron chi connectivity index (χ3n) is 7.11. The van der Waals surface area contributed by atoms with Gasteiger partial charge in [-0.3, -0.25) is 4.79 Å². The highest BCUT2D eigenvalue weighted by Gasteiger charge is 2.39. The molecule has 0 aliphatic carbocycles. The van der Waals surface area contributed by atoms with Gasteiger partial charge in [0.05, 0.1) is 17.8 Å². The van der Waals surface area contributed by atoms with Crippen LogP contribution < -0.4 is 15.0 Å². The molecule has 8 nitrogen and oxygen atoms in total. The Hall–Kier alpha value is -3.13. The highest BCUT2D eigenvalue weighted by atomic mass is 16.5. The summed E-state index contributed by atoms with van der Waals surface area (Å²) in [5.74, 6) is 2.37. The number of carbonyl (C=O) groups is 1. The quantitative estimate of drug-likeness (QED) is 0.660. The van der Waals surface area contributed by atoms with Crippen molar-refractivity contribution in [3.05, 3.63) is 53.9 Å². The summed E-state index contributed by atoms with van der Waals surface area (Å²) in [6.07, 6.45) is 5.64. The average Bonchev–Trinajstić information content (AvgIpc) is 3.15. The second kappa shape index (κ2) is 8.67. The maximum absolute atomic E-state index is 13.2. The molecule has 2 fully saturated rings. The van der Waals surface area contributed by atoms with Gasteiger partial charge in [0.25, 0.3) is 0 Å². The number of benzene rings is 1. The van der Waals surface area contributed by atoms with Crippen molar-refractivity contribution >= 4 is 17.4 Å². The molecule has 1 aromatic carbocycles. The van der Waals surface area contributed by atoms with E-state index in [1.165, 1.54) is 11.3 Å². The molecule has 2 saturated heterocycles. The van der Waals surface area contributed by atoms with E-state index in [1.54, 1.807) is 0 Å². The summed E-state index contributed by atoms with van der Waals surface area (Å²) in [4.78, 5) is 22.4. The van der Waals surface area contributed by atoms with Crippen LogP contribution in [0.25, 0.3) is 5.65 Å². The predicted octanol–water partition coefficient (Wildman–Crippen LogP) is 1.92. The van der Waals surface area contributed by atoms with E-state index in [0.29, 0.717) is 0 Å². The van der Waals surface area contributed by atoms with Crippen LogP contribution >= 0.6 is 0 Å². The third-order valence-corrected chi connectivity index (χ3v) is 7.11. The van der Waals surface area contributed by atoms with Crippen molar-refractivity contribution in [2.45, 2.75) is 31.8 Å². The van der Waals surface area contributed by atoms with Crippen LogP contribution in [0.3, 0.4) is 0 Å². The molecule has 1 N–H and O–H groups in total. The second-order valence-electron chi connectivity index (χ2n) is 9.27. The number of nitrogens with one attached hydrogen (secondary N) is 1. The van der Waals surface area contributed by atoms with Gasteiger partial charge in [0.1, 0.15) is 17.7 Å². The zero-order valence-corrected chi connectivity index (χ0v) is 18.8. The standard InChI is InChI=1S/C25H30N6O2/c32-25(29-14-9-20(10-15-29)33-19-4-2-1-3-5-19)18-16-30(17-18)24-21-6-11-26-12-7-22(21)28-23-8-13-27-31(23)24/h1-5,8,13,18,20,26H,6-7,9-12,14-17H2. The number of hydrogen-bond acceptors (Lipinski definition) is 6. The molecule has 0 atom stereocenters. The SMILES string of the molecule is O=C(C1CN(c2c3c(nc4ccnn24)CCNCC3)C1)N1CCC(Oc2ccccc2)CC1. The lowest BCUT2D eigenvalue weighted by Gasteiger charge is -2.44.